The van der Waals surface area contributed by atoms with Gasteiger partial charge in [0.25, 0.3) is 11.8 Å². The van der Waals surface area contributed by atoms with E-state index in [1.54, 1.807) is 30.5 Å². The fourth-order valence-corrected chi connectivity index (χ4v) is 4.21. The summed E-state index contributed by atoms with van der Waals surface area (Å²) in [5.74, 6) is -1.07. The summed E-state index contributed by atoms with van der Waals surface area (Å²) in [4.78, 5) is 27.1. The van der Waals surface area contributed by atoms with E-state index in [0.717, 1.165) is 5.56 Å². The molecule has 2 heterocycles. The van der Waals surface area contributed by atoms with Crippen LogP contribution in [0.5, 0.6) is 0 Å². The normalized spacial score (nSPS) is 17.0. The summed E-state index contributed by atoms with van der Waals surface area (Å²) < 4.78 is 32.8. The van der Waals surface area contributed by atoms with Crippen LogP contribution >= 0.6 is 11.6 Å². The molecule has 1 aliphatic rings. The van der Waals surface area contributed by atoms with Crippen molar-refractivity contribution in [3.63, 3.8) is 0 Å². The third-order valence-electron chi connectivity index (χ3n) is 4.47. The number of hydrogen-bond acceptors (Lipinski definition) is 7. The van der Waals surface area contributed by atoms with Crippen LogP contribution in [0.4, 0.5) is 0 Å². The lowest BCUT2D eigenvalue weighted by Crippen LogP contribution is -2.40. The van der Waals surface area contributed by atoms with Crippen LogP contribution in [0.15, 0.2) is 64.0 Å². The Hall–Kier alpha value is -3.05. The highest BCUT2D eigenvalue weighted by molar-refractivity contribution is 7.89. The molecule has 2 N–H and O–H groups in total. The lowest BCUT2D eigenvalue weighted by Gasteiger charge is -2.11. The van der Waals surface area contributed by atoms with Gasteiger partial charge in [-0.3, -0.25) is 14.8 Å². The van der Waals surface area contributed by atoms with E-state index in [-0.39, 0.29) is 9.96 Å². The Labute approximate surface area is 175 Å². The number of nitrogens with zero attached hydrogens (tertiary/aromatic N) is 2. The van der Waals surface area contributed by atoms with Crippen LogP contribution in [0.2, 0.25) is 5.02 Å². The van der Waals surface area contributed by atoms with Gasteiger partial charge in [-0.25, -0.2) is 13.4 Å². The molecule has 1 saturated heterocycles. The second kappa shape index (κ2) is 7.65. The molecule has 1 aromatic heterocycles. The maximum Gasteiger partial charge on any atom is 0.271 e. The van der Waals surface area contributed by atoms with Crippen LogP contribution in [-0.2, 0) is 19.6 Å². The number of amides is 2. The van der Waals surface area contributed by atoms with Crippen molar-refractivity contribution in [3.8, 4) is 22.8 Å². The fraction of sp³-hybridized carbons (Fsp3) is 0.105. The quantitative estimate of drug-likeness (QED) is 0.453. The molecule has 0 spiro atoms. The number of halogens is 1. The van der Waals surface area contributed by atoms with Crippen LogP contribution in [0.1, 0.15) is 6.42 Å². The van der Waals surface area contributed by atoms with Gasteiger partial charge in [-0.1, -0.05) is 11.6 Å². The van der Waals surface area contributed by atoms with E-state index in [0.29, 0.717) is 22.2 Å². The summed E-state index contributed by atoms with van der Waals surface area (Å²) in [6.07, 6.45) is 1.10. The Morgan fingerprint density at radius 1 is 1.07 bits per heavy atom. The Balaban J connectivity index is 1.52. The predicted octanol–water partition coefficient (Wildman–Crippen LogP) is 2.46. The van der Waals surface area contributed by atoms with E-state index in [2.05, 4.69) is 9.71 Å². The number of carbonyl (C=O) groups is 2. The summed E-state index contributed by atoms with van der Waals surface area (Å²) in [6.45, 7) is 0. The lowest BCUT2D eigenvalue weighted by atomic mass is 10.2. The average Bonchev–Trinajstić information content (AvgIpc) is 3.30. The summed E-state index contributed by atoms with van der Waals surface area (Å²) in [5.41, 5.74) is 1.33. The van der Waals surface area contributed by atoms with E-state index in [1.807, 2.05) is 0 Å². The molecule has 1 fully saturated rings. The Bertz CT molecular complexity index is 1220. The standard InChI is InChI=1S/C19H14ClN3O6S/c20-13-5-1-11(2-6-13)16-10-21-18(29-16)12-3-7-14(8-4-12)30(27,28)22-15-9-17(24)23(26)19(15)25/h1-8,10,15,22,26H,9H2/t15-/m1/s1. The molecule has 1 atom stereocenters. The summed E-state index contributed by atoms with van der Waals surface area (Å²) in [7, 11) is -4.09. The molecule has 0 aliphatic carbocycles. The number of oxazole rings is 1. The van der Waals surface area contributed by atoms with Gasteiger partial charge in [0.1, 0.15) is 6.04 Å². The van der Waals surface area contributed by atoms with E-state index < -0.39 is 34.3 Å². The van der Waals surface area contributed by atoms with Crippen molar-refractivity contribution in [3.05, 3.63) is 59.8 Å². The molecule has 0 radical (unpaired) electrons. The van der Waals surface area contributed by atoms with Gasteiger partial charge in [0, 0.05) is 16.1 Å². The Morgan fingerprint density at radius 3 is 2.30 bits per heavy atom. The summed E-state index contributed by atoms with van der Waals surface area (Å²) in [6, 6.07) is 11.3. The second-order valence-corrected chi connectivity index (χ2v) is 8.63. The maximum atomic E-state index is 12.5. The molecule has 4 rings (SSSR count). The molecule has 0 unspecified atom stereocenters. The number of benzene rings is 2. The first kappa shape index (κ1) is 20.2. The summed E-state index contributed by atoms with van der Waals surface area (Å²) in [5, 5.41) is 9.75. The zero-order valence-corrected chi connectivity index (χ0v) is 16.7. The number of hydroxylamine groups is 2. The highest BCUT2D eigenvalue weighted by atomic mass is 35.5. The van der Waals surface area contributed by atoms with Gasteiger partial charge < -0.3 is 4.42 Å². The van der Waals surface area contributed by atoms with Crippen molar-refractivity contribution < 1.29 is 27.6 Å². The molecule has 0 bridgehead atoms. The zero-order valence-electron chi connectivity index (χ0n) is 15.1. The molecule has 11 heteroatoms. The van der Waals surface area contributed by atoms with Crippen molar-refractivity contribution in [2.45, 2.75) is 17.4 Å². The van der Waals surface area contributed by atoms with Crippen molar-refractivity contribution in [2.75, 3.05) is 0 Å². The highest BCUT2D eigenvalue weighted by Gasteiger charge is 2.40. The van der Waals surface area contributed by atoms with Crippen molar-refractivity contribution in [2.24, 2.45) is 0 Å². The van der Waals surface area contributed by atoms with Gasteiger partial charge in [0.15, 0.2) is 5.76 Å². The number of aromatic nitrogens is 1. The first-order valence-electron chi connectivity index (χ1n) is 8.65. The van der Waals surface area contributed by atoms with Gasteiger partial charge in [-0.15, -0.1) is 0 Å². The minimum atomic E-state index is -4.09. The lowest BCUT2D eigenvalue weighted by molar-refractivity contribution is -0.171. The van der Waals surface area contributed by atoms with Crippen LogP contribution < -0.4 is 4.72 Å². The van der Waals surface area contributed by atoms with E-state index in [1.165, 1.54) is 24.3 Å². The van der Waals surface area contributed by atoms with Crippen molar-refractivity contribution >= 4 is 33.4 Å². The Morgan fingerprint density at radius 2 is 1.70 bits per heavy atom. The third kappa shape index (κ3) is 3.85. The molecule has 30 heavy (non-hydrogen) atoms. The molecule has 9 nitrogen and oxygen atoms in total. The zero-order chi connectivity index (χ0) is 21.5. The number of imide groups is 1. The minimum absolute atomic E-state index is 0.0862. The molecular weight excluding hydrogens is 434 g/mol. The van der Waals surface area contributed by atoms with E-state index in [4.69, 9.17) is 16.0 Å². The third-order valence-corrected chi connectivity index (χ3v) is 6.20. The molecule has 0 saturated carbocycles. The number of nitrogens with one attached hydrogen (secondary N) is 1. The smallest absolute Gasteiger partial charge is 0.271 e. The number of carbonyl (C=O) groups excluding carboxylic acids is 2. The van der Waals surface area contributed by atoms with Crippen LogP contribution in [0.25, 0.3) is 22.8 Å². The van der Waals surface area contributed by atoms with Gasteiger partial charge in [0.05, 0.1) is 17.5 Å². The molecule has 2 amide bonds. The van der Waals surface area contributed by atoms with Crippen molar-refractivity contribution in [1.29, 1.82) is 0 Å². The SMILES string of the molecule is O=C1C[C@@H](NS(=O)(=O)c2ccc(-c3ncc(-c4ccc(Cl)cc4)o3)cc2)C(=O)N1O. The predicted molar refractivity (Wildman–Crippen MR) is 105 cm³/mol. The van der Waals surface area contributed by atoms with Crippen LogP contribution in [0.3, 0.4) is 0 Å². The fourth-order valence-electron chi connectivity index (χ4n) is 2.90. The average molecular weight is 448 g/mol. The maximum absolute atomic E-state index is 12.5. The Kier molecular flexibility index (Phi) is 5.16. The van der Waals surface area contributed by atoms with Gasteiger partial charge in [0.2, 0.25) is 15.9 Å². The van der Waals surface area contributed by atoms with E-state index in [9.17, 15) is 23.2 Å². The highest BCUT2D eigenvalue weighted by Crippen LogP contribution is 2.27. The first-order valence-corrected chi connectivity index (χ1v) is 10.5. The molecule has 154 valence electrons. The topological polar surface area (TPSA) is 130 Å². The van der Waals surface area contributed by atoms with Gasteiger partial charge in [-0.05, 0) is 48.5 Å². The largest absolute Gasteiger partial charge is 0.436 e. The molecule has 3 aromatic rings. The number of sulfonamides is 1. The molecule has 2 aromatic carbocycles. The van der Waals surface area contributed by atoms with E-state index >= 15 is 0 Å². The molecular formula is C19H14ClN3O6S. The number of rotatable bonds is 5. The van der Waals surface area contributed by atoms with Crippen LogP contribution in [-0.4, -0.2) is 41.5 Å². The van der Waals surface area contributed by atoms with Gasteiger partial charge in [-0.2, -0.15) is 9.79 Å². The number of hydrogen-bond donors (Lipinski definition) is 2. The summed E-state index contributed by atoms with van der Waals surface area (Å²) >= 11 is 5.88. The first-order chi connectivity index (χ1) is 14.2. The minimum Gasteiger partial charge on any atom is -0.436 e. The monoisotopic (exact) mass is 447 g/mol. The van der Waals surface area contributed by atoms with Crippen molar-refractivity contribution in [1.82, 2.24) is 14.8 Å². The van der Waals surface area contributed by atoms with Gasteiger partial charge >= 0.3 is 0 Å². The molecule has 1 aliphatic heterocycles. The second-order valence-electron chi connectivity index (χ2n) is 6.48. The van der Waals surface area contributed by atoms with Crippen LogP contribution in [0, 0.1) is 0 Å².